The molecular weight excluding hydrogens is 202 g/mol. The average Bonchev–Trinajstić information content (AvgIpc) is 2.54. The fraction of sp³-hybridized carbons (Fsp3) is 0.385. The Hall–Kier alpha value is -1.64. The predicted octanol–water partition coefficient (Wildman–Crippen LogP) is 2.43. The highest BCUT2D eigenvalue weighted by Gasteiger charge is 2.35. The first-order valence-corrected chi connectivity index (χ1v) is 5.53. The topological polar surface area (TPSA) is 37.4 Å². The van der Waals surface area contributed by atoms with Crippen LogP contribution >= 0.6 is 0 Å². The standard InChI is InChI=1S/C13H15NO2/c1-4-8(2)9-6-5-7-10-11(9)13(16)14(3)12(10)15/h5-8H,4H2,1-3H3. The Morgan fingerprint density at radius 2 is 1.94 bits per heavy atom. The lowest BCUT2D eigenvalue weighted by Gasteiger charge is -2.12. The molecule has 1 aliphatic rings. The van der Waals surface area contributed by atoms with Gasteiger partial charge < -0.3 is 0 Å². The molecule has 3 nitrogen and oxygen atoms in total. The summed E-state index contributed by atoms with van der Waals surface area (Å²) >= 11 is 0. The van der Waals surface area contributed by atoms with Crippen molar-refractivity contribution in [2.24, 2.45) is 0 Å². The minimum Gasteiger partial charge on any atom is -0.277 e. The molecule has 1 aromatic rings. The van der Waals surface area contributed by atoms with E-state index in [-0.39, 0.29) is 11.8 Å². The molecule has 0 radical (unpaired) electrons. The van der Waals surface area contributed by atoms with Gasteiger partial charge in [0.2, 0.25) is 0 Å². The van der Waals surface area contributed by atoms with Gasteiger partial charge in [-0.15, -0.1) is 0 Å². The van der Waals surface area contributed by atoms with Crippen LogP contribution in [0, 0.1) is 0 Å². The van der Waals surface area contributed by atoms with E-state index in [0.29, 0.717) is 17.0 Å². The molecule has 1 heterocycles. The molecule has 1 aliphatic heterocycles. The SMILES string of the molecule is CCC(C)c1cccc2c1C(=O)N(C)C2=O. The fourth-order valence-corrected chi connectivity index (χ4v) is 2.06. The van der Waals surface area contributed by atoms with Gasteiger partial charge in [0.25, 0.3) is 11.8 Å². The molecule has 0 bridgehead atoms. The lowest BCUT2D eigenvalue weighted by molar-refractivity contribution is 0.0692. The number of benzene rings is 1. The summed E-state index contributed by atoms with van der Waals surface area (Å²) in [6.45, 7) is 4.15. The first kappa shape index (κ1) is 10.9. The maximum atomic E-state index is 12.0. The molecule has 0 aliphatic carbocycles. The van der Waals surface area contributed by atoms with Gasteiger partial charge in [-0.25, -0.2) is 0 Å². The fourth-order valence-electron chi connectivity index (χ4n) is 2.06. The largest absolute Gasteiger partial charge is 0.277 e. The number of imide groups is 1. The van der Waals surface area contributed by atoms with Gasteiger partial charge >= 0.3 is 0 Å². The van der Waals surface area contributed by atoms with Crippen molar-refractivity contribution >= 4 is 11.8 Å². The van der Waals surface area contributed by atoms with Crippen LogP contribution in [-0.4, -0.2) is 23.8 Å². The van der Waals surface area contributed by atoms with E-state index in [1.165, 1.54) is 11.9 Å². The van der Waals surface area contributed by atoms with Crippen LogP contribution in [0.25, 0.3) is 0 Å². The zero-order chi connectivity index (χ0) is 11.9. The van der Waals surface area contributed by atoms with Crippen LogP contribution in [-0.2, 0) is 0 Å². The van der Waals surface area contributed by atoms with Gasteiger partial charge in [0.05, 0.1) is 11.1 Å². The molecule has 84 valence electrons. The van der Waals surface area contributed by atoms with Crippen molar-refractivity contribution in [3.63, 3.8) is 0 Å². The number of hydrogen-bond acceptors (Lipinski definition) is 2. The summed E-state index contributed by atoms with van der Waals surface area (Å²) in [5, 5.41) is 0. The molecule has 0 aromatic heterocycles. The third kappa shape index (κ3) is 1.35. The highest BCUT2D eigenvalue weighted by Crippen LogP contribution is 2.30. The molecule has 16 heavy (non-hydrogen) atoms. The van der Waals surface area contributed by atoms with Crippen molar-refractivity contribution in [1.82, 2.24) is 4.90 Å². The normalized spacial score (nSPS) is 16.6. The highest BCUT2D eigenvalue weighted by atomic mass is 16.2. The van der Waals surface area contributed by atoms with Crippen molar-refractivity contribution in [1.29, 1.82) is 0 Å². The van der Waals surface area contributed by atoms with Crippen LogP contribution in [0.3, 0.4) is 0 Å². The maximum Gasteiger partial charge on any atom is 0.261 e. The van der Waals surface area contributed by atoms with Crippen LogP contribution in [0.4, 0.5) is 0 Å². The van der Waals surface area contributed by atoms with E-state index < -0.39 is 0 Å². The monoisotopic (exact) mass is 217 g/mol. The number of carbonyl (C=O) groups is 2. The van der Waals surface area contributed by atoms with Gasteiger partial charge in [-0.2, -0.15) is 0 Å². The number of fused-ring (bicyclic) bond motifs is 1. The number of amides is 2. The molecule has 0 N–H and O–H groups in total. The summed E-state index contributed by atoms with van der Waals surface area (Å²) in [6, 6.07) is 5.52. The molecule has 2 amide bonds. The minimum absolute atomic E-state index is 0.170. The van der Waals surface area contributed by atoms with E-state index in [1.54, 1.807) is 6.07 Å². The lowest BCUT2D eigenvalue weighted by atomic mass is 9.91. The lowest BCUT2D eigenvalue weighted by Crippen LogP contribution is -2.24. The van der Waals surface area contributed by atoms with Crippen molar-refractivity contribution in [2.45, 2.75) is 26.2 Å². The summed E-state index contributed by atoms with van der Waals surface area (Å²) in [6.07, 6.45) is 0.960. The van der Waals surface area contributed by atoms with Gasteiger partial charge in [-0.05, 0) is 24.0 Å². The summed E-state index contributed by atoms with van der Waals surface area (Å²) in [4.78, 5) is 24.9. The Morgan fingerprint density at radius 1 is 1.25 bits per heavy atom. The molecule has 1 atom stereocenters. The quantitative estimate of drug-likeness (QED) is 0.713. The predicted molar refractivity (Wildman–Crippen MR) is 61.6 cm³/mol. The van der Waals surface area contributed by atoms with Gasteiger partial charge in [0.15, 0.2) is 0 Å². The van der Waals surface area contributed by atoms with E-state index >= 15 is 0 Å². The molecule has 1 unspecified atom stereocenters. The Kier molecular flexibility index (Phi) is 2.54. The smallest absolute Gasteiger partial charge is 0.261 e. The van der Waals surface area contributed by atoms with Gasteiger partial charge in [-0.3, -0.25) is 14.5 Å². The summed E-state index contributed by atoms with van der Waals surface area (Å²) < 4.78 is 0. The Morgan fingerprint density at radius 3 is 2.56 bits per heavy atom. The Balaban J connectivity index is 2.62. The zero-order valence-electron chi connectivity index (χ0n) is 9.78. The molecular formula is C13H15NO2. The average molecular weight is 217 g/mol. The molecule has 3 heteroatoms. The minimum atomic E-state index is -0.190. The van der Waals surface area contributed by atoms with E-state index in [0.717, 1.165) is 12.0 Å². The first-order chi connectivity index (χ1) is 7.57. The van der Waals surface area contributed by atoms with Crippen molar-refractivity contribution < 1.29 is 9.59 Å². The van der Waals surface area contributed by atoms with Gasteiger partial charge in [-0.1, -0.05) is 26.0 Å². The van der Waals surface area contributed by atoms with Crippen LogP contribution in [0.15, 0.2) is 18.2 Å². The summed E-state index contributed by atoms with van der Waals surface area (Å²) in [7, 11) is 1.53. The second-order valence-corrected chi connectivity index (χ2v) is 4.25. The summed E-state index contributed by atoms with van der Waals surface area (Å²) in [5.74, 6) is -0.0562. The Labute approximate surface area is 95.1 Å². The highest BCUT2D eigenvalue weighted by molar-refractivity contribution is 6.21. The number of carbonyl (C=O) groups excluding carboxylic acids is 2. The molecule has 1 aromatic carbocycles. The van der Waals surface area contributed by atoms with Crippen LogP contribution in [0.1, 0.15) is 52.5 Å². The molecule has 0 saturated carbocycles. The second kappa shape index (κ2) is 3.74. The van der Waals surface area contributed by atoms with Crippen LogP contribution in [0.5, 0.6) is 0 Å². The van der Waals surface area contributed by atoms with E-state index in [9.17, 15) is 9.59 Å². The van der Waals surface area contributed by atoms with E-state index in [2.05, 4.69) is 13.8 Å². The number of hydrogen-bond donors (Lipinski definition) is 0. The van der Waals surface area contributed by atoms with Gasteiger partial charge in [0, 0.05) is 7.05 Å². The van der Waals surface area contributed by atoms with Crippen LogP contribution in [0.2, 0.25) is 0 Å². The maximum absolute atomic E-state index is 12.0. The van der Waals surface area contributed by atoms with Gasteiger partial charge in [0.1, 0.15) is 0 Å². The first-order valence-electron chi connectivity index (χ1n) is 5.53. The molecule has 2 rings (SSSR count). The molecule has 0 fully saturated rings. The van der Waals surface area contributed by atoms with E-state index in [1.807, 2.05) is 12.1 Å². The molecule has 0 saturated heterocycles. The number of nitrogens with zero attached hydrogens (tertiary/aromatic N) is 1. The number of rotatable bonds is 2. The third-order valence-corrected chi connectivity index (χ3v) is 3.29. The third-order valence-electron chi connectivity index (χ3n) is 3.29. The van der Waals surface area contributed by atoms with Crippen molar-refractivity contribution in [2.75, 3.05) is 7.05 Å². The molecule has 0 spiro atoms. The zero-order valence-corrected chi connectivity index (χ0v) is 9.78. The van der Waals surface area contributed by atoms with E-state index in [4.69, 9.17) is 0 Å². The second-order valence-electron chi connectivity index (χ2n) is 4.25. The van der Waals surface area contributed by atoms with Crippen molar-refractivity contribution in [3.05, 3.63) is 34.9 Å². The van der Waals surface area contributed by atoms with Crippen LogP contribution < -0.4 is 0 Å². The Bertz CT molecular complexity index is 465. The van der Waals surface area contributed by atoms with Crippen molar-refractivity contribution in [3.8, 4) is 0 Å². The summed E-state index contributed by atoms with van der Waals surface area (Å²) in [5.41, 5.74) is 2.14.